The summed E-state index contributed by atoms with van der Waals surface area (Å²) in [6.45, 7) is 1.28. The van der Waals surface area contributed by atoms with Crippen LogP contribution in [0.1, 0.15) is 11.1 Å². The molecule has 1 aliphatic heterocycles. The molecule has 2 aromatic carbocycles. The van der Waals surface area contributed by atoms with Crippen LogP contribution in [0, 0.1) is 0 Å². The molecular weight excluding hydrogens is 394 g/mol. The van der Waals surface area contributed by atoms with Gasteiger partial charge in [-0.25, -0.2) is 4.79 Å². The number of para-hydroxylation sites is 1. The van der Waals surface area contributed by atoms with Crippen LogP contribution in [0.3, 0.4) is 0 Å². The molecule has 0 bridgehead atoms. The fourth-order valence-corrected chi connectivity index (χ4v) is 3.29. The van der Waals surface area contributed by atoms with E-state index < -0.39 is 0 Å². The van der Waals surface area contributed by atoms with Crippen molar-refractivity contribution in [2.75, 3.05) is 31.6 Å². The van der Waals surface area contributed by atoms with Crippen molar-refractivity contribution in [1.29, 1.82) is 0 Å². The Labute approximate surface area is 162 Å². The van der Waals surface area contributed by atoms with E-state index in [2.05, 4.69) is 21.2 Å². The smallest absolute Gasteiger partial charge is 0.317 e. The maximum atomic E-state index is 12.4. The summed E-state index contributed by atoms with van der Waals surface area (Å²) in [5.41, 5.74) is 3.30. The topological polar surface area (TPSA) is 52.7 Å². The Balaban J connectivity index is 1.46. The predicted octanol–water partition coefficient (Wildman–Crippen LogP) is 3.22. The highest BCUT2D eigenvalue weighted by molar-refractivity contribution is 9.10. The van der Waals surface area contributed by atoms with Gasteiger partial charge in [-0.3, -0.25) is 4.79 Å². The first kappa shape index (κ1) is 18.5. The molecule has 0 atom stereocenters. The van der Waals surface area contributed by atoms with Crippen molar-refractivity contribution in [3.8, 4) is 0 Å². The number of likely N-dealkylation sites (N-methyl/N-ethyl adjacent to an activating group) is 1. The minimum atomic E-state index is -0.233. The summed E-state index contributed by atoms with van der Waals surface area (Å²) in [6, 6.07) is 15.7. The first-order valence-electron chi connectivity index (χ1n) is 8.66. The van der Waals surface area contributed by atoms with E-state index in [4.69, 9.17) is 0 Å². The summed E-state index contributed by atoms with van der Waals surface area (Å²) in [4.78, 5) is 28.0. The van der Waals surface area contributed by atoms with E-state index >= 15 is 0 Å². The van der Waals surface area contributed by atoms with Crippen molar-refractivity contribution in [1.82, 2.24) is 10.2 Å². The van der Waals surface area contributed by atoms with Gasteiger partial charge in [0.2, 0.25) is 5.91 Å². The van der Waals surface area contributed by atoms with Gasteiger partial charge >= 0.3 is 6.03 Å². The van der Waals surface area contributed by atoms with Crippen LogP contribution >= 0.6 is 15.9 Å². The molecule has 1 heterocycles. The zero-order valence-electron chi connectivity index (χ0n) is 14.7. The number of rotatable bonds is 5. The Morgan fingerprint density at radius 2 is 1.88 bits per heavy atom. The molecule has 0 aromatic heterocycles. The van der Waals surface area contributed by atoms with Crippen molar-refractivity contribution in [2.45, 2.75) is 12.8 Å². The normalized spacial score (nSPS) is 12.6. The van der Waals surface area contributed by atoms with Crippen molar-refractivity contribution in [2.24, 2.45) is 0 Å². The summed E-state index contributed by atoms with van der Waals surface area (Å²) in [7, 11) is 1.74. The second kappa shape index (κ2) is 8.36. The lowest BCUT2D eigenvalue weighted by molar-refractivity contribution is -0.117. The molecule has 2 aromatic rings. The third kappa shape index (κ3) is 4.43. The molecule has 3 amide bonds. The Bertz CT molecular complexity index is 792. The zero-order chi connectivity index (χ0) is 18.5. The Morgan fingerprint density at radius 3 is 2.65 bits per heavy atom. The minimum Gasteiger partial charge on any atom is -0.329 e. The minimum absolute atomic E-state index is 0.00971. The van der Waals surface area contributed by atoms with Gasteiger partial charge < -0.3 is 15.1 Å². The molecule has 0 spiro atoms. The van der Waals surface area contributed by atoms with Crippen LogP contribution in [0.4, 0.5) is 10.5 Å². The van der Waals surface area contributed by atoms with E-state index in [9.17, 15) is 9.59 Å². The molecule has 136 valence electrons. The quantitative estimate of drug-likeness (QED) is 0.814. The first-order valence-corrected chi connectivity index (χ1v) is 9.45. The SMILES string of the molecule is CN(CCc1ccc(Br)cc1)C(=O)NCC(=O)N1CCc2ccccc21. The molecule has 5 nitrogen and oxygen atoms in total. The van der Waals surface area contributed by atoms with Crippen LogP contribution in [0.2, 0.25) is 0 Å². The highest BCUT2D eigenvalue weighted by atomic mass is 79.9. The third-order valence-electron chi connectivity index (χ3n) is 4.57. The average Bonchev–Trinajstić information content (AvgIpc) is 3.09. The molecule has 0 aliphatic carbocycles. The number of carbonyl (C=O) groups excluding carboxylic acids is 2. The number of urea groups is 1. The number of nitrogens with zero attached hydrogens (tertiary/aromatic N) is 2. The second-order valence-corrected chi connectivity index (χ2v) is 7.30. The van der Waals surface area contributed by atoms with Crippen molar-refractivity contribution < 1.29 is 9.59 Å². The lowest BCUT2D eigenvalue weighted by atomic mass is 10.1. The van der Waals surface area contributed by atoms with Crippen LogP contribution in [0.5, 0.6) is 0 Å². The molecule has 0 radical (unpaired) electrons. The average molecular weight is 416 g/mol. The highest BCUT2D eigenvalue weighted by Crippen LogP contribution is 2.27. The largest absolute Gasteiger partial charge is 0.329 e. The van der Waals surface area contributed by atoms with Gasteiger partial charge in [0.1, 0.15) is 0 Å². The molecule has 0 fully saturated rings. The van der Waals surface area contributed by atoms with Gasteiger partial charge in [0.25, 0.3) is 0 Å². The number of nitrogens with one attached hydrogen (secondary N) is 1. The van der Waals surface area contributed by atoms with Crippen LogP contribution in [-0.2, 0) is 17.6 Å². The summed E-state index contributed by atoms with van der Waals surface area (Å²) in [6.07, 6.45) is 1.63. The van der Waals surface area contributed by atoms with Crippen LogP contribution in [0.15, 0.2) is 53.0 Å². The number of hydrogen-bond acceptors (Lipinski definition) is 2. The Morgan fingerprint density at radius 1 is 1.15 bits per heavy atom. The Kier molecular flexibility index (Phi) is 5.93. The number of fused-ring (bicyclic) bond motifs is 1. The molecule has 26 heavy (non-hydrogen) atoms. The number of benzene rings is 2. The van der Waals surface area contributed by atoms with Crippen molar-refractivity contribution in [3.63, 3.8) is 0 Å². The van der Waals surface area contributed by atoms with E-state index in [1.165, 1.54) is 5.56 Å². The number of halogens is 1. The van der Waals surface area contributed by atoms with Crippen LogP contribution in [0.25, 0.3) is 0 Å². The van der Waals surface area contributed by atoms with Gasteiger partial charge in [-0.2, -0.15) is 0 Å². The van der Waals surface area contributed by atoms with Gasteiger partial charge in [0, 0.05) is 30.3 Å². The van der Waals surface area contributed by atoms with Crippen LogP contribution < -0.4 is 10.2 Å². The van der Waals surface area contributed by atoms with Gasteiger partial charge in [-0.1, -0.05) is 46.3 Å². The van der Waals surface area contributed by atoms with E-state index in [0.717, 1.165) is 28.6 Å². The fraction of sp³-hybridized carbons (Fsp3) is 0.300. The molecule has 0 saturated heterocycles. The van der Waals surface area contributed by atoms with Gasteiger partial charge in [0.15, 0.2) is 0 Å². The fourth-order valence-electron chi connectivity index (χ4n) is 3.03. The number of amides is 3. The highest BCUT2D eigenvalue weighted by Gasteiger charge is 2.24. The monoisotopic (exact) mass is 415 g/mol. The standard InChI is InChI=1S/C20H22BrN3O2/c1-23(12-10-15-6-8-17(21)9-7-15)20(26)22-14-19(25)24-13-11-16-4-2-3-5-18(16)24/h2-9H,10-14H2,1H3,(H,22,26). The lowest BCUT2D eigenvalue weighted by Gasteiger charge is -2.20. The van der Waals surface area contributed by atoms with E-state index in [1.807, 2.05) is 48.5 Å². The summed E-state index contributed by atoms with van der Waals surface area (Å²) < 4.78 is 1.04. The molecule has 1 N–H and O–H groups in total. The third-order valence-corrected chi connectivity index (χ3v) is 5.10. The van der Waals surface area contributed by atoms with Crippen molar-refractivity contribution >= 4 is 33.6 Å². The van der Waals surface area contributed by atoms with E-state index in [1.54, 1.807) is 16.8 Å². The number of anilines is 1. The Hall–Kier alpha value is -2.34. The molecule has 3 rings (SSSR count). The lowest BCUT2D eigenvalue weighted by Crippen LogP contribution is -2.44. The van der Waals surface area contributed by atoms with Gasteiger partial charge in [-0.15, -0.1) is 0 Å². The molecular formula is C20H22BrN3O2. The van der Waals surface area contributed by atoms with E-state index in [0.29, 0.717) is 13.1 Å². The molecule has 0 unspecified atom stereocenters. The second-order valence-electron chi connectivity index (χ2n) is 6.38. The maximum Gasteiger partial charge on any atom is 0.317 e. The predicted molar refractivity (Wildman–Crippen MR) is 106 cm³/mol. The molecule has 6 heteroatoms. The molecule has 0 saturated carbocycles. The summed E-state index contributed by atoms with van der Waals surface area (Å²) in [5.74, 6) is -0.0791. The van der Waals surface area contributed by atoms with Gasteiger partial charge in [-0.05, 0) is 42.2 Å². The first-order chi connectivity index (χ1) is 12.5. The van der Waals surface area contributed by atoms with Crippen LogP contribution in [-0.4, -0.2) is 43.5 Å². The number of carbonyl (C=O) groups is 2. The van der Waals surface area contributed by atoms with E-state index in [-0.39, 0.29) is 18.5 Å². The summed E-state index contributed by atoms with van der Waals surface area (Å²) in [5, 5.41) is 2.72. The summed E-state index contributed by atoms with van der Waals surface area (Å²) >= 11 is 3.41. The van der Waals surface area contributed by atoms with Crippen molar-refractivity contribution in [3.05, 3.63) is 64.1 Å². The molecule has 1 aliphatic rings. The van der Waals surface area contributed by atoms with Gasteiger partial charge in [0.05, 0.1) is 6.54 Å². The zero-order valence-corrected chi connectivity index (χ0v) is 16.3. The maximum absolute atomic E-state index is 12.4. The number of hydrogen-bond donors (Lipinski definition) is 1.